The summed E-state index contributed by atoms with van der Waals surface area (Å²) in [6.07, 6.45) is 2.11. The lowest BCUT2D eigenvalue weighted by Crippen LogP contribution is -2.35. The highest BCUT2D eigenvalue weighted by Gasteiger charge is 2.14. The Kier molecular flexibility index (Phi) is 3.32. The molecule has 2 aromatic rings. The molecule has 1 fully saturated rings. The highest BCUT2D eigenvalue weighted by molar-refractivity contribution is 5.86. The van der Waals surface area contributed by atoms with Gasteiger partial charge in [0.2, 0.25) is 0 Å². The first-order chi connectivity index (χ1) is 8.88. The summed E-state index contributed by atoms with van der Waals surface area (Å²) in [7, 11) is 0. The van der Waals surface area contributed by atoms with Gasteiger partial charge in [-0.3, -0.25) is 4.90 Å². The number of aromatic amines is 1. The Morgan fingerprint density at radius 3 is 2.83 bits per heavy atom. The van der Waals surface area contributed by atoms with Crippen molar-refractivity contribution in [3.63, 3.8) is 0 Å². The number of H-pyrrole nitrogens is 1. The van der Waals surface area contributed by atoms with Gasteiger partial charge >= 0.3 is 0 Å². The summed E-state index contributed by atoms with van der Waals surface area (Å²) in [5, 5.41) is 1.30. The Hall–Kier alpha value is -1.36. The molecule has 0 radical (unpaired) electrons. The van der Waals surface area contributed by atoms with Crippen LogP contribution >= 0.6 is 0 Å². The maximum Gasteiger partial charge on any atom is 0.0594 e. The summed E-state index contributed by atoms with van der Waals surface area (Å²) >= 11 is 0. The molecule has 1 aliphatic rings. The maximum atomic E-state index is 5.83. The minimum atomic E-state index is 0.589. The standard InChI is InChI=1S/C14H19N3O/c15-8-11-2-1-3-13-14(11)12(9-16-13)10-17-4-6-18-7-5-17/h1-3,9,16H,4-8,10,15H2. The van der Waals surface area contributed by atoms with Gasteiger partial charge in [-0.25, -0.2) is 0 Å². The zero-order valence-electron chi connectivity index (χ0n) is 10.5. The predicted octanol–water partition coefficient (Wildman–Crippen LogP) is 1.46. The molecule has 1 aliphatic heterocycles. The van der Waals surface area contributed by atoms with Gasteiger partial charge in [-0.1, -0.05) is 12.1 Å². The van der Waals surface area contributed by atoms with E-state index in [4.69, 9.17) is 10.5 Å². The van der Waals surface area contributed by atoms with E-state index in [1.54, 1.807) is 0 Å². The minimum Gasteiger partial charge on any atom is -0.379 e. The number of benzene rings is 1. The Morgan fingerprint density at radius 1 is 1.22 bits per heavy atom. The molecule has 0 amide bonds. The number of aromatic nitrogens is 1. The van der Waals surface area contributed by atoms with Crippen LogP contribution < -0.4 is 5.73 Å². The second-order valence-corrected chi connectivity index (χ2v) is 4.75. The fourth-order valence-corrected chi connectivity index (χ4v) is 2.63. The number of nitrogens with one attached hydrogen (secondary N) is 1. The normalized spacial score (nSPS) is 17.4. The molecule has 0 unspecified atom stereocenters. The van der Waals surface area contributed by atoms with Crippen molar-refractivity contribution in [3.8, 4) is 0 Å². The number of ether oxygens (including phenoxy) is 1. The number of rotatable bonds is 3. The third-order valence-electron chi connectivity index (χ3n) is 3.59. The lowest BCUT2D eigenvalue weighted by molar-refractivity contribution is 0.0343. The highest BCUT2D eigenvalue weighted by Crippen LogP contribution is 2.23. The van der Waals surface area contributed by atoms with Crippen LogP contribution in [-0.2, 0) is 17.8 Å². The molecule has 0 atom stereocenters. The van der Waals surface area contributed by atoms with E-state index in [0.29, 0.717) is 6.54 Å². The second-order valence-electron chi connectivity index (χ2n) is 4.75. The third-order valence-corrected chi connectivity index (χ3v) is 3.59. The third kappa shape index (κ3) is 2.14. The average molecular weight is 245 g/mol. The fraction of sp³-hybridized carbons (Fsp3) is 0.429. The van der Waals surface area contributed by atoms with Crippen LogP contribution in [0.4, 0.5) is 0 Å². The summed E-state index contributed by atoms with van der Waals surface area (Å²) in [4.78, 5) is 5.77. The molecule has 0 aliphatic carbocycles. The van der Waals surface area contributed by atoms with Crippen LogP contribution in [0.5, 0.6) is 0 Å². The Balaban J connectivity index is 1.91. The number of fused-ring (bicyclic) bond motifs is 1. The molecule has 3 N–H and O–H groups in total. The van der Waals surface area contributed by atoms with Gasteiger partial charge in [-0.2, -0.15) is 0 Å². The van der Waals surface area contributed by atoms with Crippen LogP contribution in [0.1, 0.15) is 11.1 Å². The molecule has 4 heteroatoms. The molecule has 18 heavy (non-hydrogen) atoms. The fourth-order valence-electron chi connectivity index (χ4n) is 2.63. The summed E-state index contributed by atoms with van der Waals surface area (Å²) in [5.41, 5.74) is 9.57. The number of nitrogens with two attached hydrogens (primary N) is 1. The van der Waals surface area contributed by atoms with Crippen LogP contribution in [0.3, 0.4) is 0 Å². The highest BCUT2D eigenvalue weighted by atomic mass is 16.5. The largest absolute Gasteiger partial charge is 0.379 e. The first kappa shape index (κ1) is 11.7. The van der Waals surface area contributed by atoms with Crippen molar-refractivity contribution in [1.29, 1.82) is 0 Å². The van der Waals surface area contributed by atoms with E-state index in [1.807, 2.05) is 0 Å². The van der Waals surface area contributed by atoms with Gasteiger partial charge in [0, 0.05) is 43.3 Å². The van der Waals surface area contributed by atoms with Crippen molar-refractivity contribution >= 4 is 10.9 Å². The molecular formula is C14H19N3O. The van der Waals surface area contributed by atoms with Crippen LogP contribution in [-0.4, -0.2) is 36.2 Å². The van der Waals surface area contributed by atoms with Gasteiger partial charge in [0.1, 0.15) is 0 Å². The molecule has 2 heterocycles. The molecule has 4 nitrogen and oxygen atoms in total. The van der Waals surface area contributed by atoms with Crippen LogP contribution in [0.15, 0.2) is 24.4 Å². The van der Waals surface area contributed by atoms with E-state index in [0.717, 1.165) is 32.8 Å². The Morgan fingerprint density at radius 2 is 2.06 bits per heavy atom. The second kappa shape index (κ2) is 5.10. The first-order valence-electron chi connectivity index (χ1n) is 6.46. The number of nitrogens with zero attached hydrogens (tertiary/aromatic N) is 1. The van der Waals surface area contributed by atoms with Crippen molar-refractivity contribution in [2.75, 3.05) is 26.3 Å². The molecule has 1 aromatic carbocycles. The average Bonchev–Trinajstić information content (AvgIpc) is 2.83. The van der Waals surface area contributed by atoms with Gasteiger partial charge in [0.25, 0.3) is 0 Å². The zero-order chi connectivity index (χ0) is 12.4. The molecule has 0 saturated carbocycles. The molecule has 1 saturated heterocycles. The minimum absolute atomic E-state index is 0.589. The van der Waals surface area contributed by atoms with E-state index >= 15 is 0 Å². The van der Waals surface area contributed by atoms with E-state index in [2.05, 4.69) is 34.3 Å². The van der Waals surface area contributed by atoms with Crippen molar-refractivity contribution in [2.24, 2.45) is 5.73 Å². The van der Waals surface area contributed by atoms with Crippen LogP contribution in [0.2, 0.25) is 0 Å². The van der Waals surface area contributed by atoms with Crippen molar-refractivity contribution < 1.29 is 4.74 Å². The van der Waals surface area contributed by atoms with Crippen molar-refractivity contribution in [2.45, 2.75) is 13.1 Å². The monoisotopic (exact) mass is 245 g/mol. The number of morpholine rings is 1. The lowest BCUT2D eigenvalue weighted by atomic mass is 10.1. The van der Waals surface area contributed by atoms with Gasteiger partial charge in [-0.15, -0.1) is 0 Å². The Bertz CT molecular complexity index is 529. The predicted molar refractivity (Wildman–Crippen MR) is 72.3 cm³/mol. The number of hydrogen-bond acceptors (Lipinski definition) is 3. The number of hydrogen-bond donors (Lipinski definition) is 2. The van der Waals surface area contributed by atoms with E-state index in [9.17, 15) is 0 Å². The summed E-state index contributed by atoms with van der Waals surface area (Å²) in [6.45, 7) is 5.26. The first-order valence-corrected chi connectivity index (χ1v) is 6.46. The molecular weight excluding hydrogens is 226 g/mol. The molecule has 0 bridgehead atoms. The maximum absolute atomic E-state index is 5.83. The Labute approximate surface area is 107 Å². The lowest BCUT2D eigenvalue weighted by Gasteiger charge is -2.26. The van der Waals surface area contributed by atoms with E-state index in [-0.39, 0.29) is 0 Å². The molecule has 0 spiro atoms. The molecule has 1 aromatic heterocycles. The van der Waals surface area contributed by atoms with Gasteiger partial charge < -0.3 is 15.5 Å². The SMILES string of the molecule is NCc1cccc2[nH]cc(CN3CCOCC3)c12. The quantitative estimate of drug-likeness (QED) is 0.860. The smallest absolute Gasteiger partial charge is 0.0594 e. The van der Waals surface area contributed by atoms with Gasteiger partial charge in [-0.05, 0) is 17.2 Å². The van der Waals surface area contributed by atoms with Crippen molar-refractivity contribution in [3.05, 3.63) is 35.5 Å². The molecule has 96 valence electrons. The van der Waals surface area contributed by atoms with Gasteiger partial charge in [0.05, 0.1) is 13.2 Å². The van der Waals surface area contributed by atoms with Crippen molar-refractivity contribution in [1.82, 2.24) is 9.88 Å². The van der Waals surface area contributed by atoms with E-state index < -0.39 is 0 Å². The summed E-state index contributed by atoms with van der Waals surface area (Å²) in [6, 6.07) is 6.27. The summed E-state index contributed by atoms with van der Waals surface area (Å²) < 4.78 is 5.38. The van der Waals surface area contributed by atoms with E-state index in [1.165, 1.54) is 22.0 Å². The van der Waals surface area contributed by atoms with Gasteiger partial charge in [0.15, 0.2) is 0 Å². The van der Waals surface area contributed by atoms with Crippen LogP contribution in [0, 0.1) is 0 Å². The zero-order valence-corrected chi connectivity index (χ0v) is 10.5. The topological polar surface area (TPSA) is 54.3 Å². The molecule has 3 rings (SSSR count). The summed E-state index contributed by atoms with van der Waals surface area (Å²) in [5.74, 6) is 0. The van der Waals surface area contributed by atoms with Crippen LogP contribution in [0.25, 0.3) is 10.9 Å².